The quantitative estimate of drug-likeness (QED) is 0.837. The third-order valence-electron chi connectivity index (χ3n) is 4.30. The van der Waals surface area contributed by atoms with Gasteiger partial charge < -0.3 is 19.9 Å². The van der Waals surface area contributed by atoms with Gasteiger partial charge in [0.1, 0.15) is 13.2 Å². The van der Waals surface area contributed by atoms with Crippen LogP contribution in [0.25, 0.3) is 0 Å². The van der Waals surface area contributed by atoms with Crippen molar-refractivity contribution in [3.05, 3.63) is 23.8 Å². The first-order valence-electron chi connectivity index (χ1n) is 7.96. The van der Waals surface area contributed by atoms with Gasteiger partial charge >= 0.3 is 5.97 Å². The maximum Gasteiger partial charge on any atom is 0.303 e. The fourth-order valence-corrected chi connectivity index (χ4v) is 2.91. The lowest BCUT2D eigenvalue weighted by atomic mass is 10.1. The van der Waals surface area contributed by atoms with E-state index in [0.29, 0.717) is 19.6 Å². The molecule has 2 N–H and O–H groups in total. The van der Waals surface area contributed by atoms with Crippen LogP contribution in [0.4, 0.5) is 0 Å². The zero-order valence-corrected chi connectivity index (χ0v) is 13.1. The Hall–Kier alpha value is -2.24. The lowest BCUT2D eigenvalue weighted by Crippen LogP contribution is -2.34. The molecule has 1 fully saturated rings. The van der Waals surface area contributed by atoms with Crippen LogP contribution in [0.5, 0.6) is 11.5 Å². The third kappa shape index (κ3) is 3.75. The molecule has 1 aliphatic carbocycles. The van der Waals surface area contributed by atoms with Gasteiger partial charge in [0, 0.05) is 18.4 Å². The highest BCUT2D eigenvalue weighted by Crippen LogP contribution is 2.49. The van der Waals surface area contributed by atoms with E-state index >= 15 is 0 Å². The highest BCUT2D eigenvalue weighted by atomic mass is 16.6. The second-order valence-electron chi connectivity index (χ2n) is 6.19. The van der Waals surface area contributed by atoms with Crippen molar-refractivity contribution >= 4 is 11.9 Å². The van der Waals surface area contributed by atoms with Crippen LogP contribution in [-0.2, 0) is 9.59 Å². The molecular formula is C17H21NO5. The molecule has 1 aromatic rings. The average Bonchev–Trinajstić information content (AvgIpc) is 3.33. The van der Waals surface area contributed by atoms with Gasteiger partial charge in [0.2, 0.25) is 5.91 Å². The maximum atomic E-state index is 12.2. The van der Waals surface area contributed by atoms with Gasteiger partial charge in [-0.1, -0.05) is 6.07 Å². The minimum absolute atomic E-state index is 0.00257. The highest BCUT2D eigenvalue weighted by molar-refractivity contribution is 5.83. The molecule has 1 amide bonds. The summed E-state index contributed by atoms with van der Waals surface area (Å²) >= 11 is 0. The molecule has 1 aliphatic heterocycles. The zero-order valence-electron chi connectivity index (χ0n) is 13.1. The van der Waals surface area contributed by atoms with Crippen molar-refractivity contribution in [1.29, 1.82) is 0 Å². The number of rotatable bonds is 6. The summed E-state index contributed by atoms with van der Waals surface area (Å²) < 4.78 is 11.1. The molecule has 0 spiro atoms. The Morgan fingerprint density at radius 2 is 2.04 bits per heavy atom. The Labute approximate surface area is 134 Å². The Morgan fingerprint density at radius 3 is 2.78 bits per heavy atom. The van der Waals surface area contributed by atoms with Crippen LogP contribution in [0.3, 0.4) is 0 Å². The molecule has 124 valence electrons. The highest BCUT2D eigenvalue weighted by Gasteiger charge is 2.44. The first-order chi connectivity index (χ1) is 11.0. The Kier molecular flexibility index (Phi) is 4.41. The normalized spacial score (nSPS) is 23.0. The number of carbonyl (C=O) groups excluding carboxylic acids is 1. The number of aliphatic carboxylic acids is 1. The van der Waals surface area contributed by atoms with Gasteiger partial charge in [0.05, 0.1) is 0 Å². The van der Waals surface area contributed by atoms with Gasteiger partial charge in [-0.05, 0) is 43.4 Å². The Morgan fingerprint density at radius 1 is 1.30 bits per heavy atom. The molecule has 6 nitrogen and oxygen atoms in total. The van der Waals surface area contributed by atoms with E-state index in [1.54, 1.807) is 0 Å². The second kappa shape index (κ2) is 6.48. The molecule has 1 saturated carbocycles. The van der Waals surface area contributed by atoms with E-state index in [9.17, 15) is 9.59 Å². The van der Waals surface area contributed by atoms with Gasteiger partial charge in [0.25, 0.3) is 0 Å². The summed E-state index contributed by atoms with van der Waals surface area (Å²) in [6.45, 7) is 2.95. The van der Waals surface area contributed by atoms with Gasteiger partial charge in [0.15, 0.2) is 11.5 Å². The number of carbonyl (C=O) groups is 2. The number of ether oxygens (including phenoxy) is 2. The summed E-state index contributed by atoms with van der Waals surface area (Å²) in [5, 5.41) is 11.6. The number of nitrogens with one attached hydrogen (secondary N) is 1. The van der Waals surface area contributed by atoms with Crippen LogP contribution in [0.15, 0.2) is 18.2 Å². The summed E-state index contributed by atoms with van der Waals surface area (Å²) in [5.74, 6) is 0.829. The number of carboxylic acid groups (broad SMARTS) is 1. The molecule has 2 aliphatic rings. The molecule has 0 bridgehead atoms. The first-order valence-corrected chi connectivity index (χ1v) is 7.96. The fraction of sp³-hybridized carbons (Fsp3) is 0.529. The van der Waals surface area contributed by atoms with E-state index in [-0.39, 0.29) is 30.2 Å². The number of hydrogen-bond acceptors (Lipinski definition) is 4. The van der Waals surface area contributed by atoms with Gasteiger partial charge in [-0.3, -0.25) is 9.59 Å². The van der Waals surface area contributed by atoms with Crippen molar-refractivity contribution < 1.29 is 24.2 Å². The lowest BCUT2D eigenvalue weighted by molar-refractivity contribution is -0.137. The van der Waals surface area contributed by atoms with Crippen molar-refractivity contribution in [3.8, 4) is 11.5 Å². The molecule has 0 aromatic heterocycles. The van der Waals surface area contributed by atoms with E-state index < -0.39 is 5.97 Å². The predicted octanol–water partition coefficient (Wildman–Crippen LogP) is 1.93. The van der Waals surface area contributed by atoms with Crippen LogP contribution in [0, 0.1) is 5.92 Å². The summed E-state index contributed by atoms with van der Waals surface area (Å²) in [5.41, 5.74) is 1.09. The Bertz CT molecular complexity index is 615. The summed E-state index contributed by atoms with van der Waals surface area (Å²) in [6.07, 6.45) is 1.33. The number of hydrogen-bond donors (Lipinski definition) is 2. The Balaban J connectivity index is 1.54. The molecule has 3 rings (SSSR count). The maximum absolute atomic E-state index is 12.2. The van der Waals surface area contributed by atoms with Gasteiger partial charge in [-0.15, -0.1) is 0 Å². The molecular weight excluding hydrogens is 298 g/mol. The van der Waals surface area contributed by atoms with Crippen molar-refractivity contribution in [2.75, 3.05) is 13.2 Å². The number of amides is 1. The molecule has 3 unspecified atom stereocenters. The summed E-state index contributed by atoms with van der Waals surface area (Å²) in [4.78, 5) is 22.8. The summed E-state index contributed by atoms with van der Waals surface area (Å²) in [7, 11) is 0. The van der Waals surface area contributed by atoms with E-state index in [0.717, 1.165) is 23.5 Å². The van der Waals surface area contributed by atoms with E-state index in [1.807, 2.05) is 25.1 Å². The lowest BCUT2D eigenvalue weighted by Gasteiger charge is -2.19. The molecule has 6 heteroatoms. The molecule has 1 heterocycles. The number of carboxylic acids is 1. The SMILES string of the molecule is CC(CCC(=O)O)NC(=O)C1CC1c1ccc2c(c1)OCCO2. The minimum atomic E-state index is -0.841. The molecule has 23 heavy (non-hydrogen) atoms. The van der Waals surface area contributed by atoms with Gasteiger partial charge in [-0.2, -0.15) is 0 Å². The van der Waals surface area contributed by atoms with E-state index in [4.69, 9.17) is 14.6 Å². The van der Waals surface area contributed by atoms with Crippen LogP contribution >= 0.6 is 0 Å². The molecule has 0 saturated heterocycles. The third-order valence-corrected chi connectivity index (χ3v) is 4.30. The van der Waals surface area contributed by atoms with Gasteiger partial charge in [-0.25, -0.2) is 0 Å². The fourth-order valence-electron chi connectivity index (χ4n) is 2.91. The average molecular weight is 319 g/mol. The monoisotopic (exact) mass is 319 g/mol. The largest absolute Gasteiger partial charge is 0.486 e. The second-order valence-corrected chi connectivity index (χ2v) is 6.19. The predicted molar refractivity (Wildman–Crippen MR) is 82.8 cm³/mol. The number of fused-ring (bicyclic) bond motifs is 1. The standard InChI is InChI=1S/C17H21NO5/c1-10(2-5-16(19)20)18-17(21)13-9-12(13)11-3-4-14-15(8-11)23-7-6-22-14/h3-4,8,10,12-13H,2,5-7,9H2,1H3,(H,18,21)(H,19,20). The summed E-state index contributed by atoms with van der Waals surface area (Å²) in [6, 6.07) is 5.71. The van der Waals surface area contributed by atoms with Crippen LogP contribution in [0.1, 0.15) is 37.7 Å². The topological polar surface area (TPSA) is 84.9 Å². The smallest absolute Gasteiger partial charge is 0.303 e. The first kappa shape index (κ1) is 15.6. The van der Waals surface area contributed by atoms with Crippen molar-refractivity contribution in [1.82, 2.24) is 5.32 Å². The van der Waals surface area contributed by atoms with Crippen LogP contribution in [-0.4, -0.2) is 36.2 Å². The van der Waals surface area contributed by atoms with Crippen molar-refractivity contribution in [2.45, 2.75) is 38.1 Å². The molecule has 3 atom stereocenters. The molecule has 1 aromatic carbocycles. The van der Waals surface area contributed by atoms with Crippen LogP contribution < -0.4 is 14.8 Å². The van der Waals surface area contributed by atoms with Crippen LogP contribution in [0.2, 0.25) is 0 Å². The zero-order chi connectivity index (χ0) is 16.4. The van der Waals surface area contributed by atoms with Crippen molar-refractivity contribution in [2.24, 2.45) is 5.92 Å². The van der Waals surface area contributed by atoms with E-state index in [1.165, 1.54) is 0 Å². The minimum Gasteiger partial charge on any atom is -0.486 e. The number of benzene rings is 1. The molecule has 0 radical (unpaired) electrons. The van der Waals surface area contributed by atoms with E-state index in [2.05, 4.69) is 5.32 Å². The van der Waals surface area contributed by atoms with Crippen molar-refractivity contribution in [3.63, 3.8) is 0 Å².